The quantitative estimate of drug-likeness (QED) is 0.739. The molecule has 28 heavy (non-hydrogen) atoms. The maximum atomic E-state index is 12.6. The van der Waals surface area contributed by atoms with Gasteiger partial charge in [0, 0.05) is 11.4 Å². The number of fused-ring (bicyclic) bond motifs is 1. The normalized spacial score (nSPS) is 17.9. The number of para-hydroxylation sites is 1. The zero-order chi connectivity index (χ0) is 20.0. The lowest BCUT2D eigenvalue weighted by atomic mass is 10.1. The van der Waals surface area contributed by atoms with Gasteiger partial charge in [-0.3, -0.25) is 10.2 Å². The first-order valence-electron chi connectivity index (χ1n) is 8.83. The second-order valence-corrected chi connectivity index (χ2v) is 7.93. The molecular weight excluding hydrogens is 394 g/mol. The van der Waals surface area contributed by atoms with Crippen molar-refractivity contribution in [3.8, 4) is 5.69 Å². The third-order valence-corrected chi connectivity index (χ3v) is 6.03. The molecule has 0 unspecified atom stereocenters. The molecule has 4 rings (SSSR count). The summed E-state index contributed by atoms with van der Waals surface area (Å²) in [4.78, 5) is 16.7. The van der Waals surface area contributed by atoms with Gasteiger partial charge < -0.3 is 4.57 Å². The van der Waals surface area contributed by atoms with Crippen LogP contribution in [0.25, 0.3) is 11.8 Å². The lowest BCUT2D eigenvalue weighted by Gasteiger charge is -2.20. The van der Waals surface area contributed by atoms with Crippen LogP contribution in [0.2, 0.25) is 5.02 Å². The van der Waals surface area contributed by atoms with Crippen LogP contribution >= 0.6 is 23.4 Å². The number of nitrogens with zero attached hydrogens (tertiary/aromatic N) is 4. The number of hydrogen-bond acceptors (Lipinski definition) is 4. The van der Waals surface area contributed by atoms with E-state index in [2.05, 4.69) is 10.1 Å². The number of halogens is 1. The molecule has 0 aliphatic carbocycles. The third kappa shape index (κ3) is 3.00. The number of nitrogens with one attached hydrogen (secondary N) is 1. The average molecular weight is 412 g/mol. The predicted molar refractivity (Wildman–Crippen MR) is 116 cm³/mol. The number of hydrazone groups is 1. The number of carbonyl (C=O) groups is 1. The van der Waals surface area contributed by atoms with Crippen LogP contribution < -0.4 is 0 Å². The summed E-state index contributed by atoms with van der Waals surface area (Å²) in [6.07, 6.45) is 2.45. The Labute approximate surface area is 172 Å². The standard InChI is InChI=1S/C20H18ClN5OS/c1-4-17-24-26-18(22)14(19(27)23-20(26)28-17)10-13-9-11(2)25(12(13)3)16-8-6-5-7-15(16)21/h5-10,22H,4H2,1-3H3/b14-10+,22-18?. The lowest BCUT2D eigenvalue weighted by molar-refractivity contribution is -0.114. The van der Waals surface area contributed by atoms with Crippen LogP contribution in [0, 0.1) is 19.3 Å². The van der Waals surface area contributed by atoms with Gasteiger partial charge >= 0.3 is 0 Å². The molecule has 0 bridgehead atoms. The highest BCUT2D eigenvalue weighted by Crippen LogP contribution is 2.31. The van der Waals surface area contributed by atoms with Crippen molar-refractivity contribution in [1.29, 1.82) is 5.41 Å². The van der Waals surface area contributed by atoms with Crippen molar-refractivity contribution in [2.45, 2.75) is 27.2 Å². The molecule has 0 spiro atoms. The van der Waals surface area contributed by atoms with Crippen molar-refractivity contribution in [3.63, 3.8) is 0 Å². The van der Waals surface area contributed by atoms with Gasteiger partial charge in [-0.15, -0.1) is 0 Å². The first-order chi connectivity index (χ1) is 13.4. The second kappa shape index (κ2) is 7.07. The maximum Gasteiger partial charge on any atom is 0.283 e. The van der Waals surface area contributed by atoms with E-state index in [9.17, 15) is 4.79 Å². The molecule has 2 aliphatic heterocycles. The molecule has 0 saturated carbocycles. The lowest BCUT2D eigenvalue weighted by Crippen LogP contribution is -2.35. The topological polar surface area (TPSA) is 73.8 Å². The highest BCUT2D eigenvalue weighted by molar-refractivity contribution is 8.26. The number of aliphatic imine (C=N–C) groups is 1. The van der Waals surface area contributed by atoms with Gasteiger partial charge in [0.2, 0.25) is 5.17 Å². The molecule has 0 radical (unpaired) electrons. The molecule has 0 fully saturated rings. The van der Waals surface area contributed by atoms with Gasteiger partial charge in [-0.1, -0.05) is 30.7 Å². The molecule has 6 nitrogen and oxygen atoms in total. The summed E-state index contributed by atoms with van der Waals surface area (Å²) in [5, 5.41) is 16.2. The Bertz CT molecular complexity index is 1110. The third-order valence-electron chi connectivity index (χ3n) is 4.66. The van der Waals surface area contributed by atoms with Gasteiger partial charge in [0.05, 0.1) is 16.3 Å². The Hall–Kier alpha value is -2.64. The summed E-state index contributed by atoms with van der Waals surface area (Å²) in [5.74, 6) is -0.368. The minimum Gasteiger partial charge on any atom is -0.316 e. The summed E-state index contributed by atoms with van der Waals surface area (Å²) >= 11 is 7.71. The van der Waals surface area contributed by atoms with E-state index in [0.717, 1.165) is 34.1 Å². The van der Waals surface area contributed by atoms with Crippen molar-refractivity contribution >= 4 is 51.4 Å². The monoisotopic (exact) mass is 411 g/mol. The number of thioether (sulfide) groups is 1. The summed E-state index contributed by atoms with van der Waals surface area (Å²) in [7, 11) is 0. The van der Waals surface area contributed by atoms with Crippen molar-refractivity contribution in [2.24, 2.45) is 10.1 Å². The molecule has 8 heteroatoms. The molecule has 2 aliphatic rings. The first kappa shape index (κ1) is 18.7. The number of aryl methyl sites for hydroxylation is 1. The molecule has 1 aromatic heterocycles. The van der Waals surface area contributed by atoms with E-state index in [1.165, 1.54) is 16.8 Å². The number of amidine groups is 2. The van der Waals surface area contributed by atoms with Crippen LogP contribution in [0.4, 0.5) is 0 Å². The van der Waals surface area contributed by atoms with Gasteiger partial charge in [0.15, 0.2) is 5.84 Å². The Morgan fingerprint density at radius 2 is 2.04 bits per heavy atom. The number of amides is 1. The minimum atomic E-state index is -0.418. The smallest absolute Gasteiger partial charge is 0.283 e. The van der Waals surface area contributed by atoms with Crippen molar-refractivity contribution < 1.29 is 4.79 Å². The fourth-order valence-electron chi connectivity index (χ4n) is 3.27. The van der Waals surface area contributed by atoms with Crippen LogP contribution in [0.15, 0.2) is 46.0 Å². The Morgan fingerprint density at radius 1 is 1.29 bits per heavy atom. The van der Waals surface area contributed by atoms with E-state index in [1.54, 1.807) is 6.08 Å². The summed E-state index contributed by atoms with van der Waals surface area (Å²) in [6.45, 7) is 5.93. The zero-order valence-corrected chi connectivity index (χ0v) is 17.2. The van der Waals surface area contributed by atoms with E-state index in [4.69, 9.17) is 17.0 Å². The molecule has 142 valence electrons. The number of benzene rings is 1. The van der Waals surface area contributed by atoms with E-state index >= 15 is 0 Å². The van der Waals surface area contributed by atoms with Gasteiger partial charge in [0.1, 0.15) is 5.04 Å². The molecule has 2 aromatic rings. The first-order valence-corrected chi connectivity index (χ1v) is 10.0. The maximum absolute atomic E-state index is 12.6. The van der Waals surface area contributed by atoms with Crippen molar-refractivity contribution in [2.75, 3.05) is 0 Å². The SMILES string of the molecule is CCC1=NN2C(=N)/C(=C\c3cc(C)n(-c4ccccc4Cl)c3C)C(=O)N=C2S1. The number of hydrogen-bond donors (Lipinski definition) is 1. The fourth-order valence-corrected chi connectivity index (χ4v) is 4.31. The van der Waals surface area contributed by atoms with Crippen LogP contribution in [0.1, 0.15) is 30.3 Å². The van der Waals surface area contributed by atoms with E-state index < -0.39 is 5.91 Å². The molecule has 1 aromatic carbocycles. The summed E-state index contributed by atoms with van der Waals surface area (Å²) < 4.78 is 2.04. The minimum absolute atomic E-state index is 0.0495. The number of carbonyl (C=O) groups excluding carboxylic acids is 1. The molecule has 1 N–H and O–H groups in total. The van der Waals surface area contributed by atoms with Gasteiger partial charge in [-0.2, -0.15) is 15.1 Å². The van der Waals surface area contributed by atoms with Crippen LogP contribution in [-0.4, -0.2) is 31.5 Å². The largest absolute Gasteiger partial charge is 0.316 e. The van der Waals surface area contributed by atoms with Gasteiger partial charge in [-0.25, -0.2) is 0 Å². The van der Waals surface area contributed by atoms with Crippen LogP contribution in [0.3, 0.4) is 0 Å². The van der Waals surface area contributed by atoms with Crippen LogP contribution in [-0.2, 0) is 4.79 Å². The molecular formula is C20H18ClN5OS. The second-order valence-electron chi connectivity index (χ2n) is 6.48. The van der Waals surface area contributed by atoms with E-state index in [0.29, 0.717) is 10.2 Å². The molecule has 0 atom stereocenters. The number of rotatable bonds is 3. The fraction of sp³-hybridized carbons (Fsp3) is 0.200. The highest BCUT2D eigenvalue weighted by Gasteiger charge is 2.35. The zero-order valence-electron chi connectivity index (χ0n) is 15.7. The summed E-state index contributed by atoms with van der Waals surface area (Å²) in [5.41, 5.74) is 3.87. The molecule has 3 heterocycles. The van der Waals surface area contributed by atoms with Crippen molar-refractivity contribution in [3.05, 3.63) is 57.9 Å². The molecule has 0 saturated heterocycles. The average Bonchev–Trinajstić information content (AvgIpc) is 3.20. The molecule has 1 amide bonds. The van der Waals surface area contributed by atoms with E-state index in [-0.39, 0.29) is 11.4 Å². The summed E-state index contributed by atoms with van der Waals surface area (Å²) in [6, 6.07) is 9.60. The Morgan fingerprint density at radius 3 is 2.75 bits per heavy atom. The number of aromatic nitrogens is 1. The van der Waals surface area contributed by atoms with Gasteiger partial charge in [-0.05, 0) is 61.9 Å². The van der Waals surface area contributed by atoms with E-state index in [1.807, 2.05) is 55.7 Å². The highest BCUT2D eigenvalue weighted by atomic mass is 35.5. The van der Waals surface area contributed by atoms with Crippen molar-refractivity contribution in [1.82, 2.24) is 9.58 Å². The van der Waals surface area contributed by atoms with Crippen LogP contribution in [0.5, 0.6) is 0 Å². The Kier molecular flexibility index (Phi) is 4.72. The van der Waals surface area contributed by atoms with Gasteiger partial charge in [0.25, 0.3) is 5.91 Å². The predicted octanol–water partition coefficient (Wildman–Crippen LogP) is 4.78. The Balaban J connectivity index is 1.78.